The molecule has 2 aromatic rings. The molecule has 0 bridgehead atoms. The molecule has 0 fully saturated rings. The van der Waals surface area contributed by atoms with Crippen molar-refractivity contribution in [2.45, 2.75) is 25.6 Å². The minimum atomic E-state index is -0.658. The summed E-state index contributed by atoms with van der Waals surface area (Å²) in [6, 6.07) is 15.9. The van der Waals surface area contributed by atoms with Crippen LogP contribution in [0.2, 0.25) is 0 Å². The smallest absolute Gasteiger partial charge is 0.224 e. The van der Waals surface area contributed by atoms with E-state index in [9.17, 15) is 9.90 Å². The van der Waals surface area contributed by atoms with Gasteiger partial charge in [0.1, 0.15) is 5.75 Å². The van der Waals surface area contributed by atoms with Gasteiger partial charge in [-0.2, -0.15) is 0 Å². The number of nitrogens with zero attached hydrogens (tertiary/aromatic N) is 2. The summed E-state index contributed by atoms with van der Waals surface area (Å²) in [4.78, 5) is 16.9. The van der Waals surface area contributed by atoms with Crippen molar-refractivity contribution >= 4 is 11.6 Å². The first kappa shape index (κ1) is 21.9. The molecule has 30 heavy (non-hydrogen) atoms. The van der Waals surface area contributed by atoms with Crippen LogP contribution in [0.3, 0.4) is 0 Å². The first-order valence-electron chi connectivity index (χ1n) is 10.2. The van der Waals surface area contributed by atoms with E-state index in [1.165, 1.54) is 0 Å². The van der Waals surface area contributed by atoms with E-state index in [4.69, 9.17) is 9.47 Å². The van der Waals surface area contributed by atoms with Gasteiger partial charge in [0, 0.05) is 38.3 Å². The van der Waals surface area contributed by atoms with Gasteiger partial charge >= 0.3 is 0 Å². The Morgan fingerprint density at radius 3 is 2.73 bits per heavy atom. The average Bonchev–Trinajstić information content (AvgIpc) is 2.76. The zero-order valence-electron chi connectivity index (χ0n) is 17.5. The molecule has 1 heterocycles. The van der Waals surface area contributed by atoms with Crippen molar-refractivity contribution in [1.82, 2.24) is 4.90 Å². The standard InChI is InChI=1S/C24H30N2O4/c1-3-13-30-18-21(27)17-25-12-11-24(28)26(15-19-7-5-4-6-8-19)16-20-14-22(29-2)9-10-23(20)25/h3-10,14,21,27H,1,11-13,15-18H2,2H3. The minimum absolute atomic E-state index is 0.0923. The first-order chi connectivity index (χ1) is 14.6. The Bertz CT molecular complexity index is 840. The second-order valence-corrected chi connectivity index (χ2v) is 7.41. The Balaban J connectivity index is 1.82. The lowest BCUT2D eigenvalue weighted by molar-refractivity contribution is -0.132. The molecule has 1 atom stereocenters. The number of benzene rings is 2. The van der Waals surface area contributed by atoms with Crippen LogP contribution in [-0.4, -0.2) is 55.4 Å². The normalized spacial score (nSPS) is 15.2. The topological polar surface area (TPSA) is 62.2 Å². The number of β-amino-alcohol motifs (C(OH)–C–C–N with tert-alkyl or cyclic N) is 1. The molecule has 1 amide bonds. The van der Waals surface area contributed by atoms with Crippen LogP contribution in [0.4, 0.5) is 5.69 Å². The number of carbonyl (C=O) groups excluding carboxylic acids is 1. The van der Waals surface area contributed by atoms with Gasteiger partial charge in [0.2, 0.25) is 5.91 Å². The molecule has 1 unspecified atom stereocenters. The Hall–Kier alpha value is -2.83. The zero-order chi connectivity index (χ0) is 21.3. The van der Waals surface area contributed by atoms with Crippen molar-refractivity contribution in [1.29, 1.82) is 0 Å². The molecule has 1 aliphatic heterocycles. The van der Waals surface area contributed by atoms with Gasteiger partial charge in [0.15, 0.2) is 0 Å². The van der Waals surface area contributed by atoms with Crippen molar-refractivity contribution in [2.75, 3.05) is 38.3 Å². The third-order valence-electron chi connectivity index (χ3n) is 5.13. The third kappa shape index (κ3) is 5.84. The number of ether oxygens (including phenoxy) is 2. The summed E-state index contributed by atoms with van der Waals surface area (Å²) in [6.07, 6.45) is 1.39. The molecular weight excluding hydrogens is 380 g/mol. The predicted octanol–water partition coefficient (Wildman–Crippen LogP) is 3.00. The third-order valence-corrected chi connectivity index (χ3v) is 5.13. The van der Waals surface area contributed by atoms with Gasteiger partial charge in [-0.3, -0.25) is 4.79 Å². The Morgan fingerprint density at radius 1 is 1.20 bits per heavy atom. The van der Waals surface area contributed by atoms with Gasteiger partial charge in [-0.15, -0.1) is 6.58 Å². The van der Waals surface area contributed by atoms with E-state index in [2.05, 4.69) is 11.5 Å². The second-order valence-electron chi connectivity index (χ2n) is 7.41. The van der Waals surface area contributed by atoms with E-state index in [1.54, 1.807) is 13.2 Å². The number of methoxy groups -OCH3 is 1. The van der Waals surface area contributed by atoms with Crippen LogP contribution < -0.4 is 9.64 Å². The lowest BCUT2D eigenvalue weighted by atomic mass is 10.1. The molecule has 1 N–H and O–H groups in total. The summed E-state index contributed by atoms with van der Waals surface area (Å²) in [5.41, 5.74) is 3.10. The molecule has 0 spiro atoms. The highest BCUT2D eigenvalue weighted by Crippen LogP contribution is 2.30. The Labute approximate surface area is 178 Å². The lowest BCUT2D eigenvalue weighted by Gasteiger charge is -2.34. The number of aliphatic hydroxyl groups excluding tert-OH is 1. The molecule has 0 saturated carbocycles. The number of fused-ring (bicyclic) bond motifs is 1. The number of anilines is 1. The number of carbonyl (C=O) groups is 1. The van der Waals surface area contributed by atoms with Crippen LogP contribution in [0, 0.1) is 0 Å². The van der Waals surface area contributed by atoms with Crippen molar-refractivity contribution < 1.29 is 19.4 Å². The molecule has 6 nitrogen and oxygen atoms in total. The van der Waals surface area contributed by atoms with E-state index in [0.717, 1.165) is 22.6 Å². The molecule has 0 aromatic heterocycles. The number of aliphatic hydroxyl groups is 1. The van der Waals surface area contributed by atoms with Gasteiger partial charge in [0.25, 0.3) is 0 Å². The fourth-order valence-electron chi connectivity index (χ4n) is 3.66. The second kappa shape index (κ2) is 10.8. The van der Waals surface area contributed by atoms with Gasteiger partial charge < -0.3 is 24.4 Å². The van der Waals surface area contributed by atoms with Crippen LogP contribution in [0.1, 0.15) is 17.5 Å². The molecule has 0 saturated heterocycles. The summed E-state index contributed by atoms with van der Waals surface area (Å²) < 4.78 is 10.8. The quantitative estimate of drug-likeness (QED) is 0.509. The van der Waals surface area contributed by atoms with Crippen LogP contribution in [0.25, 0.3) is 0 Å². The van der Waals surface area contributed by atoms with Gasteiger partial charge in [-0.25, -0.2) is 0 Å². The lowest BCUT2D eigenvalue weighted by Crippen LogP contribution is -2.41. The molecule has 3 rings (SSSR count). The fourth-order valence-corrected chi connectivity index (χ4v) is 3.66. The summed E-state index contributed by atoms with van der Waals surface area (Å²) >= 11 is 0. The highest BCUT2D eigenvalue weighted by molar-refractivity contribution is 5.78. The molecule has 1 aliphatic rings. The first-order valence-corrected chi connectivity index (χ1v) is 10.2. The van der Waals surface area contributed by atoms with Crippen LogP contribution in [0.15, 0.2) is 61.2 Å². The van der Waals surface area contributed by atoms with E-state index >= 15 is 0 Å². The predicted molar refractivity (Wildman–Crippen MR) is 118 cm³/mol. The van der Waals surface area contributed by atoms with Crippen molar-refractivity contribution in [2.24, 2.45) is 0 Å². The number of rotatable bonds is 9. The van der Waals surface area contributed by atoms with Crippen molar-refractivity contribution in [3.8, 4) is 5.75 Å². The maximum Gasteiger partial charge on any atom is 0.224 e. The van der Waals surface area contributed by atoms with E-state index in [-0.39, 0.29) is 12.5 Å². The fraction of sp³-hybridized carbons (Fsp3) is 0.375. The maximum atomic E-state index is 12.9. The number of hydrogen-bond acceptors (Lipinski definition) is 5. The Kier molecular flexibility index (Phi) is 7.88. The van der Waals surface area contributed by atoms with E-state index < -0.39 is 6.10 Å². The molecule has 0 aliphatic carbocycles. The van der Waals surface area contributed by atoms with Gasteiger partial charge in [-0.1, -0.05) is 36.4 Å². The SMILES string of the molecule is C=CCOCC(O)CN1CCC(=O)N(Cc2ccccc2)Cc2cc(OC)ccc21. The Morgan fingerprint density at radius 2 is 2.00 bits per heavy atom. The van der Waals surface area contributed by atoms with Crippen LogP contribution in [0.5, 0.6) is 5.75 Å². The minimum Gasteiger partial charge on any atom is -0.497 e. The summed E-state index contributed by atoms with van der Waals surface area (Å²) in [5.74, 6) is 0.839. The summed E-state index contributed by atoms with van der Waals surface area (Å²) in [6.45, 7) is 6.21. The van der Waals surface area contributed by atoms with Crippen LogP contribution >= 0.6 is 0 Å². The molecule has 0 radical (unpaired) electrons. The monoisotopic (exact) mass is 410 g/mol. The molecular formula is C24H30N2O4. The average molecular weight is 411 g/mol. The highest BCUT2D eigenvalue weighted by atomic mass is 16.5. The van der Waals surface area contributed by atoms with E-state index in [0.29, 0.717) is 39.2 Å². The van der Waals surface area contributed by atoms with Gasteiger partial charge in [-0.05, 0) is 29.3 Å². The maximum absolute atomic E-state index is 12.9. The largest absolute Gasteiger partial charge is 0.497 e. The molecule has 160 valence electrons. The summed E-state index contributed by atoms with van der Waals surface area (Å²) in [7, 11) is 1.63. The number of amides is 1. The van der Waals surface area contributed by atoms with E-state index in [1.807, 2.05) is 53.4 Å². The number of hydrogen-bond donors (Lipinski definition) is 1. The van der Waals surface area contributed by atoms with Crippen molar-refractivity contribution in [3.05, 3.63) is 72.3 Å². The molecule has 6 heteroatoms. The van der Waals surface area contributed by atoms with Gasteiger partial charge in [0.05, 0.1) is 26.4 Å². The summed E-state index contributed by atoms with van der Waals surface area (Å²) in [5, 5.41) is 10.4. The van der Waals surface area contributed by atoms with Crippen LogP contribution in [-0.2, 0) is 22.6 Å². The zero-order valence-corrected chi connectivity index (χ0v) is 17.5. The van der Waals surface area contributed by atoms with Crippen molar-refractivity contribution in [3.63, 3.8) is 0 Å². The molecule has 2 aromatic carbocycles. The highest BCUT2D eigenvalue weighted by Gasteiger charge is 2.24.